The first-order valence-electron chi connectivity index (χ1n) is 12.8. The van der Waals surface area contributed by atoms with Gasteiger partial charge in [-0.15, -0.1) is 4.58 Å². The van der Waals surface area contributed by atoms with Gasteiger partial charge in [0.05, 0.1) is 11.4 Å². The summed E-state index contributed by atoms with van der Waals surface area (Å²) in [6.07, 6.45) is 1.42. The molecule has 6 N–H and O–H groups in total. The number of amidine groups is 2. The lowest BCUT2D eigenvalue weighted by atomic mass is 9.97. The lowest BCUT2D eigenvalue weighted by Crippen LogP contribution is -2.81. The Morgan fingerprint density at radius 2 is 1.92 bits per heavy atom. The highest BCUT2D eigenvalue weighted by Crippen LogP contribution is 2.30. The van der Waals surface area contributed by atoms with Crippen LogP contribution in [0.3, 0.4) is 0 Å². The summed E-state index contributed by atoms with van der Waals surface area (Å²) in [4.78, 5) is 28.6. The molecule has 3 aliphatic heterocycles. The minimum absolute atomic E-state index is 0.0180. The highest BCUT2D eigenvalue weighted by molar-refractivity contribution is 7.99. The Hall–Kier alpha value is -3.76. The van der Waals surface area contributed by atoms with Gasteiger partial charge in [-0.25, -0.2) is 9.97 Å². The van der Waals surface area contributed by atoms with E-state index in [1.165, 1.54) is 0 Å². The number of nitrogens with zero attached hydrogens (tertiary/aromatic N) is 4. The number of benzene rings is 2. The van der Waals surface area contributed by atoms with Crippen molar-refractivity contribution in [2.24, 2.45) is 5.73 Å². The number of amides is 1. The van der Waals surface area contributed by atoms with Crippen LogP contribution in [-0.2, 0) is 6.42 Å². The molecule has 1 fully saturated rings. The highest BCUT2D eigenvalue weighted by atomic mass is 32.2. The zero-order valence-corrected chi connectivity index (χ0v) is 22.3. The fraction of sp³-hybridized carbons (Fsp3) is 0.321. The fourth-order valence-electron chi connectivity index (χ4n) is 5.67. The van der Waals surface area contributed by atoms with Gasteiger partial charge in [-0.05, 0) is 54.8 Å². The molecule has 2 atom stereocenters. The maximum Gasteiger partial charge on any atom is 0.430 e. The molecule has 6 rings (SSSR count). The number of nitrogens with two attached hydrogens (primary N) is 2. The minimum Gasteiger partial charge on any atom is -0.508 e. The number of hydrogen-bond acceptors (Lipinski definition) is 7. The number of aromatic hydroxyl groups is 1. The van der Waals surface area contributed by atoms with Crippen LogP contribution < -0.4 is 16.5 Å². The lowest BCUT2D eigenvalue weighted by Gasteiger charge is -2.17. The van der Waals surface area contributed by atoms with Gasteiger partial charge in [0.2, 0.25) is 5.95 Å². The smallest absolute Gasteiger partial charge is 0.430 e. The predicted octanol–water partition coefficient (Wildman–Crippen LogP) is 0.842. The van der Waals surface area contributed by atoms with E-state index in [1.807, 2.05) is 49.1 Å². The monoisotopic (exact) mass is 529 g/mol. The molecular formula is C28H31N7O2S+2. The van der Waals surface area contributed by atoms with Crippen molar-refractivity contribution in [1.82, 2.24) is 14.9 Å². The molecular weight excluding hydrogens is 498 g/mol. The average molecular weight is 530 g/mol. The third-order valence-electron chi connectivity index (χ3n) is 7.47. The third kappa shape index (κ3) is 4.33. The number of thioether (sulfide) groups is 1. The summed E-state index contributed by atoms with van der Waals surface area (Å²) < 4.78 is 2.20. The molecule has 0 saturated carbocycles. The summed E-state index contributed by atoms with van der Waals surface area (Å²) >= 11 is 1.61. The first-order valence-corrected chi connectivity index (χ1v) is 13.8. The normalized spacial score (nSPS) is 19.4. The van der Waals surface area contributed by atoms with Gasteiger partial charge in [0.1, 0.15) is 10.8 Å². The van der Waals surface area contributed by atoms with Crippen molar-refractivity contribution in [2.45, 2.75) is 43.8 Å². The second kappa shape index (κ2) is 9.52. The largest absolute Gasteiger partial charge is 0.508 e. The van der Waals surface area contributed by atoms with Crippen molar-refractivity contribution in [3.8, 4) is 17.0 Å². The summed E-state index contributed by atoms with van der Waals surface area (Å²) in [6.45, 7) is 5.30. The topological polar surface area (TPSA) is 135 Å². The Bertz CT molecular complexity index is 1520. The van der Waals surface area contributed by atoms with Gasteiger partial charge in [0.15, 0.2) is 12.6 Å². The zero-order valence-electron chi connectivity index (χ0n) is 21.4. The van der Waals surface area contributed by atoms with Gasteiger partial charge in [-0.3, -0.25) is 9.69 Å². The van der Waals surface area contributed by atoms with Crippen LogP contribution in [-0.4, -0.2) is 73.1 Å². The molecule has 38 heavy (non-hydrogen) atoms. The number of nitrogen functional groups attached to an aromatic ring is 1. The molecule has 3 aliphatic rings. The highest BCUT2D eigenvalue weighted by Gasteiger charge is 2.53. The first kappa shape index (κ1) is 24.6. The van der Waals surface area contributed by atoms with Crippen LogP contribution in [0.4, 0.5) is 5.95 Å². The Labute approximate surface area is 225 Å². The Morgan fingerprint density at radius 1 is 1.16 bits per heavy atom. The third-order valence-corrected chi connectivity index (χ3v) is 8.36. The number of aryl methyl sites for hydroxylation is 2. The Morgan fingerprint density at radius 3 is 2.71 bits per heavy atom. The van der Waals surface area contributed by atoms with Gasteiger partial charge in [-0.2, -0.15) is 4.99 Å². The molecule has 1 aromatic heterocycles. The second-order valence-corrected chi connectivity index (χ2v) is 11.2. The van der Waals surface area contributed by atoms with Crippen LogP contribution >= 0.6 is 11.8 Å². The molecule has 9 nitrogen and oxygen atoms in total. The van der Waals surface area contributed by atoms with E-state index in [0.29, 0.717) is 25.1 Å². The standard InChI is InChI=1S/C28H29N7O2S/c1-15-11-16(2)20-13-19(15)23-14-24(33-28(30)32-23)38-10-9-34-25(21(29)12-17-3-5-18(36)6-4-17)31-22-7-8-35(26(22)34)27(20)37/h3-6,11,13-14,21-22H,7-10,12,29H2,1-2H3,(H2-,30,32,33,36)/p+2. The SMILES string of the molecule is Cc1cc(C)c2cc1C(=O)N1CCC3[NH+]=C(C(N)Cc4ccc(O)cc4)[N+](=C31)CCSc1cc-2nc(N)n1. The number of anilines is 1. The van der Waals surface area contributed by atoms with Crippen LogP contribution in [0.25, 0.3) is 11.3 Å². The second-order valence-electron chi connectivity index (χ2n) is 10.1. The van der Waals surface area contributed by atoms with E-state index in [0.717, 1.165) is 56.8 Å². The summed E-state index contributed by atoms with van der Waals surface area (Å²) in [7, 11) is 0. The Balaban J connectivity index is 1.43. The number of hydrogen-bond donors (Lipinski definition) is 4. The van der Waals surface area contributed by atoms with Gasteiger partial charge in [-0.1, -0.05) is 30.0 Å². The summed E-state index contributed by atoms with van der Waals surface area (Å²) in [6, 6.07) is 12.8. The molecule has 2 aromatic carbocycles. The molecule has 1 saturated heterocycles. The number of carbonyl (C=O) groups excluding carboxylic acids is 1. The quantitative estimate of drug-likeness (QED) is 0.292. The van der Waals surface area contributed by atoms with E-state index < -0.39 is 0 Å². The van der Waals surface area contributed by atoms with Crippen LogP contribution in [0.2, 0.25) is 0 Å². The summed E-state index contributed by atoms with van der Waals surface area (Å²) in [5, 5.41) is 10.5. The van der Waals surface area contributed by atoms with E-state index in [-0.39, 0.29) is 29.7 Å². The van der Waals surface area contributed by atoms with Crippen molar-refractivity contribution >= 4 is 35.3 Å². The molecule has 4 bridgehead atoms. The molecule has 0 aliphatic carbocycles. The van der Waals surface area contributed by atoms with Crippen molar-refractivity contribution < 1.29 is 19.5 Å². The molecule has 2 unspecified atom stereocenters. The number of nitrogens with one attached hydrogen (secondary N) is 1. The lowest BCUT2D eigenvalue weighted by molar-refractivity contribution is -0.521. The van der Waals surface area contributed by atoms with E-state index in [1.54, 1.807) is 23.9 Å². The van der Waals surface area contributed by atoms with Crippen LogP contribution in [0.1, 0.15) is 33.5 Å². The van der Waals surface area contributed by atoms with Crippen molar-refractivity contribution in [1.29, 1.82) is 0 Å². The zero-order chi connectivity index (χ0) is 26.6. The first-order chi connectivity index (χ1) is 18.3. The molecule has 0 spiro atoms. The molecule has 0 radical (unpaired) electrons. The maximum absolute atomic E-state index is 14.1. The van der Waals surface area contributed by atoms with E-state index in [9.17, 15) is 9.90 Å². The van der Waals surface area contributed by atoms with Crippen LogP contribution in [0.5, 0.6) is 5.75 Å². The molecule has 10 heteroatoms. The summed E-state index contributed by atoms with van der Waals surface area (Å²) in [5.74, 6) is 3.03. The van der Waals surface area contributed by atoms with E-state index in [2.05, 4.69) is 19.5 Å². The number of aromatic nitrogens is 2. The molecule has 3 aromatic rings. The number of fused-ring (bicyclic) bond motifs is 5. The number of rotatable bonds is 3. The van der Waals surface area contributed by atoms with Crippen LogP contribution in [0, 0.1) is 13.8 Å². The van der Waals surface area contributed by atoms with Gasteiger partial charge < -0.3 is 16.6 Å². The molecule has 194 valence electrons. The van der Waals surface area contributed by atoms with Gasteiger partial charge in [0.25, 0.3) is 11.9 Å². The Kier molecular flexibility index (Phi) is 6.16. The van der Waals surface area contributed by atoms with Crippen LogP contribution in [0.15, 0.2) is 47.5 Å². The van der Waals surface area contributed by atoms with Crippen molar-refractivity contribution in [3.05, 3.63) is 64.7 Å². The van der Waals surface area contributed by atoms with Gasteiger partial charge >= 0.3 is 11.7 Å². The van der Waals surface area contributed by atoms with E-state index >= 15 is 0 Å². The maximum atomic E-state index is 14.1. The minimum atomic E-state index is -0.302. The average Bonchev–Trinajstić information content (AvgIpc) is 3.44. The van der Waals surface area contributed by atoms with E-state index in [4.69, 9.17) is 11.5 Å². The molecule has 1 amide bonds. The number of phenolic OH excluding ortho intramolecular Hbond substituents is 1. The molecule has 4 heterocycles. The number of phenols is 1. The van der Waals surface area contributed by atoms with Gasteiger partial charge in [0, 0.05) is 30.5 Å². The van der Waals surface area contributed by atoms with Crippen molar-refractivity contribution in [2.75, 3.05) is 24.6 Å². The number of carbonyl (C=O) groups is 1. The predicted molar refractivity (Wildman–Crippen MR) is 147 cm³/mol. The fourth-order valence-corrected chi connectivity index (χ4v) is 6.51. The summed E-state index contributed by atoms with van der Waals surface area (Å²) in [5.41, 5.74) is 18.1. The van der Waals surface area contributed by atoms with Crippen molar-refractivity contribution in [3.63, 3.8) is 0 Å².